The average molecular weight is 508 g/mol. The highest BCUT2D eigenvalue weighted by atomic mass is 35.5. The van der Waals surface area contributed by atoms with Gasteiger partial charge < -0.3 is 15.2 Å². The molecule has 0 unspecified atom stereocenters. The SMILES string of the molecule is CC.CNc1scc(-c2ccc(Cl)cc2)c1C(=O)O.O=CCC(c1ccccc1)c1ccccc1. The maximum Gasteiger partial charge on any atom is 0.339 e. The molecule has 1 aromatic heterocycles. The summed E-state index contributed by atoms with van der Waals surface area (Å²) in [4.78, 5) is 22.0. The van der Waals surface area contributed by atoms with Gasteiger partial charge in [-0.2, -0.15) is 0 Å². The number of carboxylic acid groups (broad SMARTS) is 1. The van der Waals surface area contributed by atoms with Crippen molar-refractivity contribution in [2.75, 3.05) is 12.4 Å². The summed E-state index contributed by atoms with van der Waals surface area (Å²) in [6.07, 6.45) is 1.53. The summed E-state index contributed by atoms with van der Waals surface area (Å²) in [6.45, 7) is 4.00. The maximum absolute atomic E-state index is 11.2. The Morgan fingerprint density at radius 3 is 1.89 bits per heavy atom. The third-order valence-corrected chi connectivity index (χ3v) is 6.37. The van der Waals surface area contributed by atoms with Crippen LogP contribution in [0.2, 0.25) is 5.02 Å². The number of aromatic carboxylic acids is 1. The van der Waals surface area contributed by atoms with Crippen LogP contribution in [0.5, 0.6) is 0 Å². The number of carbonyl (C=O) groups is 2. The first-order valence-corrected chi connectivity index (χ1v) is 12.6. The second kappa shape index (κ2) is 14.8. The molecule has 0 fully saturated rings. The Hall–Kier alpha value is -3.41. The van der Waals surface area contributed by atoms with Gasteiger partial charge in [-0.05, 0) is 28.8 Å². The number of thiophene rings is 1. The zero-order valence-corrected chi connectivity index (χ0v) is 21.6. The average Bonchev–Trinajstić information content (AvgIpc) is 3.35. The van der Waals surface area contributed by atoms with Crippen molar-refractivity contribution in [1.82, 2.24) is 0 Å². The minimum Gasteiger partial charge on any atom is -0.478 e. The van der Waals surface area contributed by atoms with E-state index in [1.807, 2.05) is 67.8 Å². The fourth-order valence-corrected chi connectivity index (χ4v) is 4.58. The van der Waals surface area contributed by atoms with E-state index in [2.05, 4.69) is 29.6 Å². The van der Waals surface area contributed by atoms with Crippen molar-refractivity contribution in [2.24, 2.45) is 0 Å². The van der Waals surface area contributed by atoms with Crippen molar-refractivity contribution in [3.05, 3.63) is 112 Å². The van der Waals surface area contributed by atoms with E-state index in [4.69, 9.17) is 11.6 Å². The lowest BCUT2D eigenvalue weighted by molar-refractivity contribution is -0.108. The fourth-order valence-electron chi connectivity index (χ4n) is 3.53. The largest absolute Gasteiger partial charge is 0.478 e. The summed E-state index contributed by atoms with van der Waals surface area (Å²) >= 11 is 7.19. The smallest absolute Gasteiger partial charge is 0.339 e. The van der Waals surface area contributed by atoms with E-state index in [0.29, 0.717) is 27.6 Å². The van der Waals surface area contributed by atoms with Crippen molar-refractivity contribution >= 4 is 40.2 Å². The number of hydrogen-bond donors (Lipinski definition) is 2. The van der Waals surface area contributed by atoms with Gasteiger partial charge in [0.15, 0.2) is 0 Å². The molecule has 0 aliphatic rings. The zero-order chi connectivity index (χ0) is 25.6. The van der Waals surface area contributed by atoms with Crippen molar-refractivity contribution in [1.29, 1.82) is 0 Å². The van der Waals surface area contributed by atoms with Crippen LogP contribution < -0.4 is 5.32 Å². The van der Waals surface area contributed by atoms with Crippen molar-refractivity contribution in [2.45, 2.75) is 26.2 Å². The monoisotopic (exact) mass is 507 g/mol. The van der Waals surface area contributed by atoms with E-state index in [1.165, 1.54) is 22.5 Å². The lowest BCUT2D eigenvalue weighted by Gasteiger charge is -2.14. The van der Waals surface area contributed by atoms with Crippen LogP contribution >= 0.6 is 22.9 Å². The highest BCUT2D eigenvalue weighted by Crippen LogP contribution is 2.35. The Bertz CT molecular complexity index is 1140. The number of benzene rings is 3. The number of carboxylic acids is 1. The molecule has 0 radical (unpaired) electrons. The summed E-state index contributed by atoms with van der Waals surface area (Å²) in [6, 6.07) is 27.4. The number of nitrogens with one attached hydrogen (secondary N) is 1. The van der Waals surface area contributed by atoms with E-state index in [0.717, 1.165) is 11.8 Å². The van der Waals surface area contributed by atoms with Gasteiger partial charge in [-0.3, -0.25) is 0 Å². The van der Waals surface area contributed by atoms with Gasteiger partial charge in [0.2, 0.25) is 0 Å². The summed E-state index contributed by atoms with van der Waals surface area (Å²) in [5, 5.41) is 15.2. The van der Waals surface area contributed by atoms with E-state index >= 15 is 0 Å². The van der Waals surface area contributed by atoms with E-state index in [-0.39, 0.29) is 5.92 Å². The standard InChI is InChI=1S/C15H14O.C12H10ClNO2S.C2H6/c16-12-11-15(13-7-3-1-4-8-13)14-9-5-2-6-10-14;1-14-11-10(12(15)16)9(6-17-11)7-2-4-8(13)5-3-7;1-2/h1-10,12,15H,11H2;2-6,14H,1H3,(H,15,16);1-2H3. The van der Waals surface area contributed by atoms with Crippen LogP contribution in [0.4, 0.5) is 5.00 Å². The number of aldehydes is 1. The van der Waals surface area contributed by atoms with Gasteiger partial charge in [0.1, 0.15) is 16.9 Å². The molecule has 35 heavy (non-hydrogen) atoms. The van der Waals surface area contributed by atoms with Crippen LogP contribution in [-0.2, 0) is 4.79 Å². The fraction of sp³-hybridized carbons (Fsp3) is 0.172. The first-order chi connectivity index (χ1) is 17.0. The summed E-state index contributed by atoms with van der Waals surface area (Å²) in [5.41, 5.74) is 4.26. The van der Waals surface area contributed by atoms with Crippen LogP contribution in [0, 0.1) is 0 Å². The normalized spacial score (nSPS) is 9.86. The molecule has 0 aliphatic heterocycles. The van der Waals surface area contributed by atoms with Crippen LogP contribution in [0.25, 0.3) is 11.1 Å². The van der Waals surface area contributed by atoms with Crippen LogP contribution in [0.15, 0.2) is 90.3 Å². The highest BCUT2D eigenvalue weighted by molar-refractivity contribution is 7.15. The van der Waals surface area contributed by atoms with E-state index < -0.39 is 5.97 Å². The molecule has 3 aromatic carbocycles. The number of rotatable bonds is 7. The molecule has 4 aromatic rings. The molecular formula is C29H30ClNO3S. The molecule has 0 spiro atoms. The van der Waals surface area contributed by atoms with Crippen LogP contribution in [-0.4, -0.2) is 24.4 Å². The lowest BCUT2D eigenvalue weighted by atomic mass is 9.89. The van der Waals surface area contributed by atoms with Crippen molar-refractivity contribution in [3.63, 3.8) is 0 Å². The Morgan fingerprint density at radius 2 is 1.46 bits per heavy atom. The summed E-state index contributed by atoms with van der Waals surface area (Å²) in [5.74, 6) is -0.750. The summed E-state index contributed by atoms with van der Waals surface area (Å²) < 4.78 is 0. The van der Waals surface area contributed by atoms with Crippen LogP contribution in [0.3, 0.4) is 0 Å². The van der Waals surface area contributed by atoms with Gasteiger partial charge in [-0.25, -0.2) is 4.79 Å². The number of anilines is 1. The molecule has 4 rings (SSSR count). The molecule has 6 heteroatoms. The minimum atomic E-state index is -0.930. The number of halogens is 1. The van der Waals surface area contributed by atoms with Gasteiger partial charge in [0.25, 0.3) is 0 Å². The second-order valence-corrected chi connectivity index (χ2v) is 8.51. The van der Waals surface area contributed by atoms with E-state index in [9.17, 15) is 14.7 Å². The van der Waals surface area contributed by atoms with Gasteiger partial charge in [-0.15, -0.1) is 11.3 Å². The molecule has 1 heterocycles. The quantitative estimate of drug-likeness (QED) is 0.247. The molecular weight excluding hydrogens is 478 g/mol. The van der Waals surface area contributed by atoms with Crippen molar-refractivity contribution in [3.8, 4) is 11.1 Å². The van der Waals surface area contributed by atoms with Crippen LogP contribution in [0.1, 0.15) is 47.7 Å². The molecule has 2 N–H and O–H groups in total. The zero-order valence-electron chi connectivity index (χ0n) is 20.1. The number of hydrogen-bond acceptors (Lipinski definition) is 4. The molecule has 0 saturated carbocycles. The third-order valence-electron chi connectivity index (χ3n) is 5.12. The Morgan fingerprint density at radius 1 is 0.943 bits per heavy atom. The molecule has 4 nitrogen and oxygen atoms in total. The molecule has 0 amide bonds. The minimum absolute atomic E-state index is 0.180. The van der Waals surface area contributed by atoms with Gasteiger partial charge >= 0.3 is 5.97 Å². The highest BCUT2D eigenvalue weighted by Gasteiger charge is 2.18. The molecule has 0 bridgehead atoms. The second-order valence-electron chi connectivity index (χ2n) is 7.19. The maximum atomic E-state index is 11.2. The molecule has 0 aliphatic carbocycles. The summed E-state index contributed by atoms with van der Waals surface area (Å²) in [7, 11) is 1.71. The molecule has 0 atom stereocenters. The lowest BCUT2D eigenvalue weighted by Crippen LogP contribution is -2.01. The van der Waals surface area contributed by atoms with Gasteiger partial charge in [0.05, 0.1) is 0 Å². The Kier molecular flexibility index (Phi) is 11.7. The number of carbonyl (C=O) groups excluding carboxylic acids is 1. The van der Waals surface area contributed by atoms with E-state index in [1.54, 1.807) is 19.2 Å². The third kappa shape index (κ3) is 7.81. The Labute approximate surface area is 216 Å². The first-order valence-electron chi connectivity index (χ1n) is 11.4. The van der Waals surface area contributed by atoms with Gasteiger partial charge in [0, 0.05) is 35.4 Å². The van der Waals surface area contributed by atoms with Gasteiger partial charge in [-0.1, -0.05) is 98.2 Å². The first kappa shape index (κ1) is 27.8. The predicted molar refractivity (Wildman–Crippen MR) is 148 cm³/mol. The molecule has 182 valence electrons. The van der Waals surface area contributed by atoms with Crippen molar-refractivity contribution < 1.29 is 14.7 Å². The molecule has 0 saturated heterocycles. The Balaban J connectivity index is 0.000000231. The predicted octanol–water partition coefficient (Wildman–Crippen LogP) is 8.24. The topological polar surface area (TPSA) is 66.4 Å².